The Morgan fingerprint density at radius 2 is 2.23 bits per heavy atom. The van der Waals surface area contributed by atoms with Crippen molar-refractivity contribution in [2.24, 2.45) is 0 Å². The van der Waals surface area contributed by atoms with Crippen molar-refractivity contribution in [2.75, 3.05) is 26.8 Å². The van der Waals surface area contributed by atoms with E-state index in [-0.39, 0.29) is 0 Å². The summed E-state index contributed by atoms with van der Waals surface area (Å²) in [7, 11) is 1.57. The van der Waals surface area contributed by atoms with Gasteiger partial charge in [-0.15, -0.1) is 0 Å². The summed E-state index contributed by atoms with van der Waals surface area (Å²) in [5.74, 6) is -2.22. The van der Waals surface area contributed by atoms with Crippen LogP contribution in [0.1, 0.15) is 12.0 Å². The molecule has 0 aliphatic carbocycles. The summed E-state index contributed by atoms with van der Waals surface area (Å²) in [4.78, 5) is 13.0. The van der Waals surface area contributed by atoms with Crippen LogP contribution in [-0.4, -0.2) is 54.8 Å². The van der Waals surface area contributed by atoms with Crippen molar-refractivity contribution in [3.05, 3.63) is 29.8 Å². The first-order valence-corrected chi connectivity index (χ1v) is 7.12. The number of amides is 2. The minimum atomic E-state index is -2.94. The fourth-order valence-corrected chi connectivity index (χ4v) is 2.61. The van der Waals surface area contributed by atoms with Gasteiger partial charge in [0.25, 0.3) is 5.92 Å². The molecule has 2 rings (SSSR count). The van der Waals surface area contributed by atoms with Crippen LogP contribution in [0.3, 0.4) is 0 Å². The lowest BCUT2D eigenvalue weighted by atomic mass is 10.1. The third kappa shape index (κ3) is 3.85. The molecule has 1 aliphatic heterocycles. The van der Waals surface area contributed by atoms with Crippen LogP contribution in [0, 0.1) is 0 Å². The highest BCUT2D eigenvalue weighted by Crippen LogP contribution is 2.31. The van der Waals surface area contributed by atoms with Crippen LogP contribution in [0.25, 0.3) is 0 Å². The van der Waals surface area contributed by atoms with Gasteiger partial charge in [-0.3, -0.25) is 0 Å². The summed E-state index contributed by atoms with van der Waals surface area (Å²) in [6.45, 7) is -0.812. The van der Waals surface area contributed by atoms with Gasteiger partial charge in [-0.05, 0) is 18.1 Å². The van der Waals surface area contributed by atoms with Crippen LogP contribution in [0.4, 0.5) is 13.6 Å². The Labute approximate surface area is 127 Å². The third-order valence-electron chi connectivity index (χ3n) is 3.71. The Bertz CT molecular complexity index is 525. The van der Waals surface area contributed by atoms with E-state index in [9.17, 15) is 13.6 Å². The van der Waals surface area contributed by atoms with Crippen molar-refractivity contribution in [3.8, 4) is 5.75 Å². The van der Waals surface area contributed by atoms with Crippen LogP contribution in [0.2, 0.25) is 0 Å². The van der Waals surface area contributed by atoms with E-state index in [1.54, 1.807) is 7.11 Å². The maximum Gasteiger partial charge on any atom is 0.317 e. The summed E-state index contributed by atoms with van der Waals surface area (Å²) in [6.07, 6.45) is 0.0349. The maximum absolute atomic E-state index is 13.3. The summed E-state index contributed by atoms with van der Waals surface area (Å²) in [5, 5.41) is 11.7. The molecule has 1 aromatic carbocycles. The number of ether oxygens (including phenoxy) is 1. The summed E-state index contributed by atoms with van der Waals surface area (Å²) in [6, 6.07) is 6.00. The van der Waals surface area contributed by atoms with Gasteiger partial charge in [0, 0.05) is 13.0 Å². The number of alkyl halides is 2. The Hall–Kier alpha value is -1.89. The number of benzene rings is 1. The Kier molecular flexibility index (Phi) is 5.18. The Balaban J connectivity index is 1.88. The predicted molar refractivity (Wildman–Crippen MR) is 77.2 cm³/mol. The topological polar surface area (TPSA) is 61.8 Å². The fraction of sp³-hybridized carbons (Fsp3) is 0.533. The molecule has 5 nitrogen and oxygen atoms in total. The quantitative estimate of drug-likeness (QED) is 0.869. The molecule has 1 aromatic rings. The molecule has 1 unspecified atom stereocenters. The fourth-order valence-electron chi connectivity index (χ4n) is 2.61. The molecule has 1 fully saturated rings. The van der Waals surface area contributed by atoms with Crippen molar-refractivity contribution in [3.63, 3.8) is 0 Å². The van der Waals surface area contributed by atoms with E-state index in [1.807, 2.05) is 24.3 Å². The molecule has 1 atom stereocenters. The number of urea groups is 1. The molecule has 2 N–H and O–H groups in total. The normalized spacial score (nSPS) is 20.0. The second kappa shape index (κ2) is 6.91. The van der Waals surface area contributed by atoms with E-state index in [0.29, 0.717) is 13.0 Å². The van der Waals surface area contributed by atoms with Gasteiger partial charge in [0.1, 0.15) is 5.75 Å². The molecule has 0 spiro atoms. The zero-order valence-electron chi connectivity index (χ0n) is 12.4. The lowest BCUT2D eigenvalue weighted by molar-refractivity contribution is 0.0141. The Morgan fingerprint density at radius 1 is 1.50 bits per heavy atom. The highest BCUT2D eigenvalue weighted by Gasteiger charge is 2.46. The second-order valence-electron chi connectivity index (χ2n) is 5.32. The number of aliphatic hydroxyl groups excluding tert-OH is 1. The van der Waals surface area contributed by atoms with Gasteiger partial charge in [-0.2, -0.15) is 0 Å². The molecule has 0 bridgehead atoms. The van der Waals surface area contributed by atoms with Crippen LogP contribution < -0.4 is 10.1 Å². The van der Waals surface area contributed by atoms with Crippen molar-refractivity contribution in [1.82, 2.24) is 10.2 Å². The average Bonchev–Trinajstić information content (AvgIpc) is 2.83. The van der Waals surface area contributed by atoms with Crippen LogP contribution in [0.5, 0.6) is 5.75 Å². The SMILES string of the molecule is COc1ccccc1CCNC(=O)N1CC(F)(F)CC1CO. The lowest BCUT2D eigenvalue weighted by Crippen LogP contribution is -2.45. The second-order valence-corrected chi connectivity index (χ2v) is 5.32. The maximum atomic E-state index is 13.3. The smallest absolute Gasteiger partial charge is 0.317 e. The number of nitrogens with one attached hydrogen (secondary N) is 1. The highest BCUT2D eigenvalue weighted by atomic mass is 19.3. The number of carbonyl (C=O) groups excluding carboxylic acids is 1. The molecule has 122 valence electrons. The van der Waals surface area contributed by atoms with E-state index >= 15 is 0 Å². The van der Waals surface area contributed by atoms with Gasteiger partial charge in [-0.25, -0.2) is 13.6 Å². The van der Waals surface area contributed by atoms with Gasteiger partial charge >= 0.3 is 6.03 Å². The van der Waals surface area contributed by atoms with Crippen molar-refractivity contribution >= 4 is 6.03 Å². The first-order valence-electron chi connectivity index (χ1n) is 7.12. The predicted octanol–water partition coefficient (Wildman–Crippen LogP) is 1.65. The van der Waals surface area contributed by atoms with E-state index in [0.717, 1.165) is 16.2 Å². The summed E-state index contributed by atoms with van der Waals surface area (Å²) in [5.41, 5.74) is 0.927. The molecular weight excluding hydrogens is 294 g/mol. The third-order valence-corrected chi connectivity index (χ3v) is 3.71. The van der Waals surface area contributed by atoms with E-state index in [2.05, 4.69) is 5.32 Å². The van der Waals surface area contributed by atoms with E-state index < -0.39 is 37.6 Å². The lowest BCUT2D eigenvalue weighted by Gasteiger charge is -2.22. The number of halogens is 2. The number of hydrogen-bond donors (Lipinski definition) is 2. The van der Waals surface area contributed by atoms with Crippen molar-refractivity contribution in [2.45, 2.75) is 24.8 Å². The van der Waals surface area contributed by atoms with Crippen LogP contribution in [0.15, 0.2) is 24.3 Å². The molecule has 2 amide bonds. The minimum absolute atomic E-state index is 0.305. The van der Waals surface area contributed by atoms with E-state index in [1.165, 1.54) is 0 Å². The van der Waals surface area contributed by atoms with Crippen LogP contribution in [-0.2, 0) is 6.42 Å². The van der Waals surface area contributed by atoms with Crippen LogP contribution >= 0.6 is 0 Å². The zero-order chi connectivity index (χ0) is 16.2. The molecule has 1 aliphatic rings. The van der Waals surface area contributed by atoms with Gasteiger partial charge < -0.3 is 20.1 Å². The molecule has 22 heavy (non-hydrogen) atoms. The first kappa shape index (κ1) is 16.5. The van der Waals surface area contributed by atoms with Crippen molar-refractivity contribution in [1.29, 1.82) is 0 Å². The molecule has 0 saturated carbocycles. The summed E-state index contributed by atoms with van der Waals surface area (Å²) < 4.78 is 31.9. The molecular formula is C15H20F2N2O3. The summed E-state index contributed by atoms with van der Waals surface area (Å²) >= 11 is 0. The number of rotatable bonds is 5. The number of para-hydroxylation sites is 1. The van der Waals surface area contributed by atoms with Crippen molar-refractivity contribution < 1.29 is 23.4 Å². The number of methoxy groups -OCH3 is 1. The number of carbonyl (C=O) groups is 1. The molecule has 7 heteroatoms. The number of aliphatic hydroxyl groups is 1. The van der Waals surface area contributed by atoms with Gasteiger partial charge in [0.2, 0.25) is 0 Å². The molecule has 0 radical (unpaired) electrons. The monoisotopic (exact) mass is 314 g/mol. The molecule has 1 heterocycles. The first-order chi connectivity index (χ1) is 10.5. The highest BCUT2D eigenvalue weighted by molar-refractivity contribution is 5.75. The average molecular weight is 314 g/mol. The number of nitrogens with zero attached hydrogens (tertiary/aromatic N) is 1. The van der Waals surface area contributed by atoms with Gasteiger partial charge in [-0.1, -0.05) is 18.2 Å². The minimum Gasteiger partial charge on any atom is -0.496 e. The van der Waals surface area contributed by atoms with E-state index in [4.69, 9.17) is 9.84 Å². The van der Waals surface area contributed by atoms with Gasteiger partial charge in [0.15, 0.2) is 0 Å². The van der Waals surface area contributed by atoms with Gasteiger partial charge in [0.05, 0.1) is 26.3 Å². The zero-order valence-corrected chi connectivity index (χ0v) is 12.4. The molecule has 1 saturated heterocycles. The Morgan fingerprint density at radius 3 is 2.91 bits per heavy atom. The standard InChI is InChI=1S/C15H20F2N2O3/c1-22-13-5-3-2-4-11(13)6-7-18-14(21)19-10-15(16,17)8-12(19)9-20/h2-5,12,20H,6-10H2,1H3,(H,18,21). The largest absolute Gasteiger partial charge is 0.496 e. The number of likely N-dealkylation sites (tertiary alicyclic amines) is 1. The molecule has 0 aromatic heterocycles. The number of hydrogen-bond acceptors (Lipinski definition) is 3.